The molecule has 4 bridgehead atoms. The van der Waals surface area contributed by atoms with Crippen molar-refractivity contribution in [1.29, 1.82) is 0 Å². The van der Waals surface area contributed by atoms with Crippen LogP contribution in [0.2, 0.25) is 0 Å². The van der Waals surface area contributed by atoms with Crippen LogP contribution in [0.1, 0.15) is 145 Å². The first-order valence-corrected chi connectivity index (χ1v) is 29.1. The lowest BCUT2D eigenvalue weighted by Gasteiger charge is -2.75. The summed E-state index contributed by atoms with van der Waals surface area (Å²) in [4.78, 5) is 29.1. The highest BCUT2D eigenvalue weighted by Gasteiger charge is 2.87. The summed E-state index contributed by atoms with van der Waals surface area (Å²) in [6.07, 6.45) is 15.3. The largest absolute Gasteiger partial charge is 0.454 e. The van der Waals surface area contributed by atoms with Crippen LogP contribution in [0.4, 0.5) is 0 Å². The highest BCUT2D eigenvalue weighted by atomic mass is 16.5. The summed E-state index contributed by atoms with van der Waals surface area (Å²) in [5.41, 5.74) is -3.85. The summed E-state index contributed by atoms with van der Waals surface area (Å²) in [6.45, 7) is 2.88. The van der Waals surface area contributed by atoms with Crippen LogP contribution in [0.15, 0.2) is 60.2 Å². The molecule has 8 saturated carbocycles. The van der Waals surface area contributed by atoms with E-state index >= 15 is 4.79 Å². The summed E-state index contributed by atoms with van der Waals surface area (Å²) in [5, 5.41) is 72.3. The molecule has 2 spiro atoms. The van der Waals surface area contributed by atoms with Gasteiger partial charge < -0.3 is 45.1 Å². The molecule has 10 aliphatic carbocycles. The number of rotatable bonds is 8. The average Bonchev–Trinajstić information content (AvgIpc) is 4.25. The van der Waals surface area contributed by atoms with Crippen molar-refractivity contribution in [3.8, 4) is 11.8 Å². The van der Waals surface area contributed by atoms with Gasteiger partial charge in [-0.15, -0.1) is 0 Å². The van der Waals surface area contributed by atoms with Gasteiger partial charge in [0.2, 0.25) is 0 Å². The molecule has 2 heterocycles. The van der Waals surface area contributed by atoms with Gasteiger partial charge in [-0.3, -0.25) is 0 Å². The van der Waals surface area contributed by atoms with Crippen LogP contribution < -0.4 is 5.32 Å². The van der Waals surface area contributed by atoms with Gasteiger partial charge in [0.25, 0.3) is 0 Å². The smallest absolute Gasteiger partial charge is 0.331 e. The number of carbonyl (C=O) groups excluding carboxylic acids is 2. The Bertz CT molecular complexity index is 2580. The molecule has 12 aliphatic rings. The quantitative estimate of drug-likeness (QED) is 0.0874. The van der Waals surface area contributed by atoms with Crippen molar-refractivity contribution in [3.05, 3.63) is 82.4 Å². The van der Waals surface area contributed by atoms with E-state index in [9.17, 15) is 30.3 Å². The lowest BCUT2D eigenvalue weighted by molar-refractivity contribution is -0.389. The van der Waals surface area contributed by atoms with Gasteiger partial charge >= 0.3 is 5.97 Å². The van der Waals surface area contributed by atoms with E-state index in [2.05, 4.69) is 54.4 Å². The maximum absolute atomic E-state index is 15.3. The van der Waals surface area contributed by atoms with Crippen LogP contribution >= 0.6 is 0 Å². The van der Waals surface area contributed by atoms with E-state index in [1.54, 1.807) is 6.08 Å². The maximum Gasteiger partial charge on any atom is 0.331 e. The number of ether oxygens (including phenoxy) is 2. The highest BCUT2D eigenvalue weighted by Crippen LogP contribution is 2.80. The molecule has 2 aliphatic heterocycles. The van der Waals surface area contributed by atoms with Gasteiger partial charge in [-0.1, -0.05) is 86.9 Å². The molecule has 14 rings (SSSR count). The lowest BCUT2D eigenvalue weighted by atomic mass is 9.32. The summed E-state index contributed by atoms with van der Waals surface area (Å²) in [6, 6.07) is 16.4. The molecule has 6 N–H and O–H groups in total. The number of aliphatic hydroxyl groups excluding tert-OH is 2. The van der Waals surface area contributed by atoms with Gasteiger partial charge in [0, 0.05) is 65.2 Å². The summed E-state index contributed by atoms with van der Waals surface area (Å²) < 4.78 is 13.5. The fourth-order valence-electron chi connectivity index (χ4n) is 21.5. The van der Waals surface area contributed by atoms with Crippen molar-refractivity contribution in [2.75, 3.05) is 13.7 Å². The third-order valence-corrected chi connectivity index (χ3v) is 24.3. The van der Waals surface area contributed by atoms with Crippen LogP contribution in [-0.4, -0.2) is 92.6 Å². The third-order valence-electron chi connectivity index (χ3n) is 24.3. The zero-order chi connectivity index (χ0) is 50.3. The first-order valence-electron chi connectivity index (χ1n) is 29.1. The number of hydrogen-bond donors (Lipinski definition) is 6. The number of likely N-dealkylation sites (N-methyl/N-ethyl adjacent to an activating group) is 1. The molecule has 73 heavy (non-hydrogen) atoms. The number of aldehydes is 1. The molecule has 0 unspecified atom stereocenters. The number of fused-ring (bicyclic) bond motifs is 7. The number of esters is 1. The van der Waals surface area contributed by atoms with Crippen molar-refractivity contribution < 1.29 is 44.6 Å². The number of hydrogen-bond acceptors (Lipinski definition) is 10. The monoisotopic (exact) mass is 996 g/mol. The Kier molecular flexibility index (Phi) is 12.0. The molecule has 1 saturated heterocycles. The second-order valence-corrected chi connectivity index (χ2v) is 26.4. The predicted octanol–water partition coefficient (Wildman–Crippen LogP) is 7.81. The second-order valence-electron chi connectivity index (χ2n) is 26.4. The Labute approximate surface area is 432 Å². The van der Waals surface area contributed by atoms with Gasteiger partial charge in [0.1, 0.15) is 23.6 Å². The molecule has 9 fully saturated rings. The van der Waals surface area contributed by atoms with Crippen LogP contribution in [0, 0.1) is 93.2 Å². The van der Waals surface area contributed by atoms with E-state index in [-0.39, 0.29) is 48.8 Å². The molecular formula is C63H81NO9. The molecule has 20 atom stereocenters. The zero-order valence-corrected chi connectivity index (χ0v) is 43.4. The molecule has 2 aromatic carbocycles. The number of aliphatic hydroxyl groups is 5. The van der Waals surface area contributed by atoms with Gasteiger partial charge in [-0.05, 0) is 173 Å². The number of aryl methyl sites for hydroxylation is 1. The van der Waals surface area contributed by atoms with Crippen molar-refractivity contribution in [3.63, 3.8) is 0 Å². The van der Waals surface area contributed by atoms with E-state index in [0.29, 0.717) is 88.1 Å². The van der Waals surface area contributed by atoms with Crippen LogP contribution in [0.3, 0.4) is 0 Å². The normalized spacial score (nSPS) is 47.7. The predicted molar refractivity (Wildman–Crippen MR) is 275 cm³/mol. The van der Waals surface area contributed by atoms with E-state index in [4.69, 9.17) is 9.47 Å². The van der Waals surface area contributed by atoms with Gasteiger partial charge in [-0.2, -0.15) is 0 Å². The first kappa shape index (κ1) is 49.2. The van der Waals surface area contributed by atoms with Crippen LogP contribution in [-0.2, 0) is 38.5 Å². The molecule has 10 nitrogen and oxygen atoms in total. The molecular weight excluding hydrogens is 915 g/mol. The van der Waals surface area contributed by atoms with Gasteiger partial charge in [0.15, 0.2) is 0 Å². The van der Waals surface area contributed by atoms with Crippen molar-refractivity contribution in [1.82, 2.24) is 5.32 Å². The number of nitrogens with one attached hydrogen (secondary N) is 1. The second kappa shape index (κ2) is 17.8. The highest BCUT2D eigenvalue weighted by molar-refractivity contribution is 5.86. The number of carbonyl (C=O) groups is 2. The van der Waals surface area contributed by atoms with Crippen molar-refractivity contribution in [2.24, 2.45) is 81.3 Å². The minimum Gasteiger partial charge on any atom is -0.454 e. The van der Waals surface area contributed by atoms with Crippen molar-refractivity contribution >= 4 is 12.3 Å². The van der Waals surface area contributed by atoms with Crippen LogP contribution in [0.25, 0.3) is 0 Å². The average molecular weight is 996 g/mol. The minimum absolute atomic E-state index is 0.123. The lowest BCUT2D eigenvalue weighted by Crippen LogP contribution is -2.86. The minimum atomic E-state index is -2.18. The Hall–Kier alpha value is -3.40. The summed E-state index contributed by atoms with van der Waals surface area (Å²) >= 11 is 0. The third kappa shape index (κ3) is 6.67. The Balaban J connectivity index is 0.972. The molecule has 10 heteroatoms. The molecule has 0 amide bonds. The topological polar surface area (TPSA) is 166 Å². The van der Waals surface area contributed by atoms with E-state index in [1.165, 1.54) is 31.2 Å². The first-order chi connectivity index (χ1) is 35.3. The summed E-state index contributed by atoms with van der Waals surface area (Å²) in [5.74, 6) is 5.40. The molecule has 392 valence electrons. The SMILES string of the molecule is CN[C@@H]1Cc2c(cccc2CO)C#CCC[C@]23CC[C@H]4[C@@](O)([C@@H](O)[C@H]5C[C@H]([C@@H](C)C6CCCC6)CC[C@H]6[C@H]7OCC[C@H]8C[C@H](CCc9ccccc9)C[C@@]87C[C@@]4(C=O)[C@]56O)[C@@]2(O)C[C@H]2C[C@@H]1[C@H]1OC(=O)C=C1[C@@H]23. The van der Waals surface area contributed by atoms with Crippen LogP contribution in [0.5, 0.6) is 0 Å². The molecule has 0 radical (unpaired) electrons. The van der Waals surface area contributed by atoms with Gasteiger partial charge in [0.05, 0.1) is 29.8 Å². The van der Waals surface area contributed by atoms with E-state index in [0.717, 1.165) is 67.1 Å². The van der Waals surface area contributed by atoms with E-state index in [1.807, 2.05) is 25.2 Å². The van der Waals surface area contributed by atoms with Crippen molar-refractivity contribution in [2.45, 2.75) is 183 Å². The maximum atomic E-state index is 15.3. The number of benzene rings is 2. The fourth-order valence-corrected chi connectivity index (χ4v) is 21.5. The Morgan fingerprint density at radius 1 is 0.904 bits per heavy atom. The van der Waals surface area contributed by atoms with E-state index < -0.39 is 69.0 Å². The molecule has 2 aromatic rings. The molecule has 0 aromatic heterocycles. The summed E-state index contributed by atoms with van der Waals surface area (Å²) in [7, 11) is 1.93. The Morgan fingerprint density at radius 2 is 1.73 bits per heavy atom. The Morgan fingerprint density at radius 3 is 2.51 bits per heavy atom. The standard InChI is InChI=1S/C63H81NO9/c1-37(40-13-6-7-14-40)42-20-21-49-57-58(32-39(27-45(58)23-26-72-57)19-18-38-11-4-3-5-12-38)35-60(36-66)52-22-25-59-24-9-8-15-41-16-10-17-43(34-65)46(41)30-51(64-2)47-28-44(54(59)48-31-53(67)73-55(47)48)33-61(59,69)63(52,71)56(68)50(29-42)62(49,60)70/h3-5,10-12,16-17,31,36-37,39-40,42,44-45,47,49-52,54-57,64-65,68-71H,6-7,9,13-14,18-30,32-35H2,1-2H3/t37-,39-,42+,44+,45-,47-,49-,50+,51+,52+,54+,55+,56-,57+,58+,59+,60-,61+,62+,63+/m0/s1. The van der Waals surface area contributed by atoms with Gasteiger partial charge in [-0.25, -0.2) is 4.79 Å². The zero-order valence-electron chi connectivity index (χ0n) is 43.4. The fraction of sp³-hybridized carbons (Fsp3) is 0.714.